The van der Waals surface area contributed by atoms with Gasteiger partial charge in [-0.1, -0.05) is 0 Å². The standard InChI is InChI=1S/C18H24BrN3O3S.HI/c1-5-20-18(22(2)11-13-6-7-16(19)26-13)21-10-12-8-14(24-3)17(23)15(9-12)25-4;/h6-9,23H,5,10-11H2,1-4H3,(H,20,21);1H. The predicted octanol–water partition coefficient (Wildman–Crippen LogP) is 4.45. The summed E-state index contributed by atoms with van der Waals surface area (Å²) in [7, 11) is 5.03. The SMILES string of the molecule is CCNC(=NCc1cc(OC)c(O)c(OC)c1)N(C)Cc1ccc(Br)s1.I. The molecule has 0 amide bonds. The Morgan fingerprint density at radius 3 is 2.37 bits per heavy atom. The van der Waals surface area contributed by atoms with Crippen molar-refractivity contribution in [1.82, 2.24) is 10.2 Å². The van der Waals surface area contributed by atoms with Gasteiger partial charge >= 0.3 is 0 Å². The van der Waals surface area contributed by atoms with E-state index in [2.05, 4.69) is 32.2 Å². The van der Waals surface area contributed by atoms with E-state index in [0.717, 1.165) is 28.4 Å². The van der Waals surface area contributed by atoms with Gasteiger partial charge in [-0.05, 0) is 52.7 Å². The van der Waals surface area contributed by atoms with Gasteiger partial charge in [0.05, 0.1) is 31.1 Å². The van der Waals surface area contributed by atoms with Crippen LogP contribution < -0.4 is 14.8 Å². The molecule has 27 heavy (non-hydrogen) atoms. The van der Waals surface area contributed by atoms with Crippen LogP contribution in [-0.4, -0.2) is 43.8 Å². The number of guanidine groups is 1. The maximum atomic E-state index is 10.0. The molecule has 0 unspecified atom stereocenters. The van der Waals surface area contributed by atoms with Crippen LogP contribution in [0.15, 0.2) is 33.0 Å². The molecular weight excluding hydrogens is 545 g/mol. The zero-order valence-electron chi connectivity index (χ0n) is 15.8. The molecule has 9 heteroatoms. The third-order valence-electron chi connectivity index (χ3n) is 3.67. The highest BCUT2D eigenvalue weighted by atomic mass is 127. The fraction of sp³-hybridized carbons (Fsp3) is 0.389. The molecule has 2 N–H and O–H groups in total. The highest BCUT2D eigenvalue weighted by Crippen LogP contribution is 2.37. The minimum atomic E-state index is -0.00460. The van der Waals surface area contributed by atoms with E-state index in [9.17, 15) is 5.11 Å². The Labute approximate surface area is 189 Å². The van der Waals surface area contributed by atoms with Gasteiger partial charge < -0.3 is 24.8 Å². The van der Waals surface area contributed by atoms with Crippen LogP contribution in [0.5, 0.6) is 17.2 Å². The summed E-state index contributed by atoms with van der Waals surface area (Å²) in [5.41, 5.74) is 0.888. The van der Waals surface area contributed by atoms with Crippen LogP contribution in [0.3, 0.4) is 0 Å². The molecular formula is C18H25BrIN3O3S. The van der Waals surface area contributed by atoms with Crippen molar-refractivity contribution in [3.05, 3.63) is 38.5 Å². The molecule has 0 spiro atoms. The van der Waals surface area contributed by atoms with Gasteiger partial charge in [0.25, 0.3) is 0 Å². The van der Waals surface area contributed by atoms with Crippen molar-refractivity contribution < 1.29 is 14.6 Å². The van der Waals surface area contributed by atoms with Crippen molar-refractivity contribution in [2.45, 2.75) is 20.0 Å². The number of phenolic OH excluding ortho intramolecular Hbond substituents is 1. The van der Waals surface area contributed by atoms with E-state index in [1.165, 1.54) is 19.1 Å². The Kier molecular flexibility index (Phi) is 10.2. The average molecular weight is 570 g/mol. The van der Waals surface area contributed by atoms with Gasteiger partial charge in [0, 0.05) is 18.5 Å². The van der Waals surface area contributed by atoms with Crippen molar-refractivity contribution in [3.8, 4) is 17.2 Å². The first kappa shape index (κ1) is 23.8. The average Bonchev–Trinajstić information content (AvgIpc) is 3.04. The van der Waals surface area contributed by atoms with E-state index in [1.807, 2.05) is 20.0 Å². The molecule has 2 aromatic rings. The molecule has 0 atom stereocenters. The van der Waals surface area contributed by atoms with E-state index in [0.29, 0.717) is 18.0 Å². The summed E-state index contributed by atoms with van der Waals surface area (Å²) in [5, 5.41) is 13.3. The van der Waals surface area contributed by atoms with Gasteiger partial charge in [-0.3, -0.25) is 0 Å². The first-order chi connectivity index (χ1) is 12.5. The zero-order chi connectivity index (χ0) is 19.1. The maximum Gasteiger partial charge on any atom is 0.200 e. The Morgan fingerprint density at radius 1 is 1.26 bits per heavy atom. The lowest BCUT2D eigenvalue weighted by Gasteiger charge is -2.21. The monoisotopic (exact) mass is 569 g/mol. The van der Waals surface area contributed by atoms with Gasteiger partial charge in [0.2, 0.25) is 5.75 Å². The lowest BCUT2D eigenvalue weighted by molar-refractivity contribution is 0.339. The van der Waals surface area contributed by atoms with Crippen molar-refractivity contribution in [2.24, 2.45) is 4.99 Å². The number of rotatable bonds is 7. The fourth-order valence-electron chi connectivity index (χ4n) is 2.42. The number of thiophene rings is 1. The van der Waals surface area contributed by atoms with Gasteiger partial charge in [-0.25, -0.2) is 4.99 Å². The summed E-state index contributed by atoms with van der Waals surface area (Å²) in [6.07, 6.45) is 0. The van der Waals surface area contributed by atoms with E-state index in [4.69, 9.17) is 14.5 Å². The first-order valence-electron chi connectivity index (χ1n) is 8.16. The van der Waals surface area contributed by atoms with E-state index < -0.39 is 0 Å². The van der Waals surface area contributed by atoms with Crippen LogP contribution in [0.2, 0.25) is 0 Å². The molecule has 0 saturated carbocycles. The van der Waals surface area contributed by atoms with Gasteiger partial charge in [0.1, 0.15) is 0 Å². The second-order valence-corrected chi connectivity index (χ2v) is 8.13. The Morgan fingerprint density at radius 2 is 1.89 bits per heavy atom. The largest absolute Gasteiger partial charge is 0.502 e. The number of halogens is 2. The molecule has 0 bridgehead atoms. The lowest BCUT2D eigenvalue weighted by Crippen LogP contribution is -2.38. The molecule has 1 aromatic heterocycles. The van der Waals surface area contributed by atoms with Crippen molar-refractivity contribution in [1.29, 1.82) is 0 Å². The molecule has 0 fully saturated rings. The second kappa shape index (κ2) is 11.6. The molecule has 0 aliphatic carbocycles. The third kappa shape index (κ3) is 6.72. The third-order valence-corrected chi connectivity index (χ3v) is 5.28. The number of nitrogens with one attached hydrogen (secondary N) is 1. The van der Waals surface area contributed by atoms with Crippen molar-refractivity contribution >= 4 is 57.2 Å². The predicted molar refractivity (Wildman–Crippen MR) is 125 cm³/mol. The molecule has 0 aliphatic heterocycles. The summed E-state index contributed by atoms with van der Waals surface area (Å²) in [4.78, 5) is 8.03. The van der Waals surface area contributed by atoms with Crippen molar-refractivity contribution in [3.63, 3.8) is 0 Å². The molecule has 1 heterocycles. The summed E-state index contributed by atoms with van der Waals surface area (Å²) >= 11 is 5.20. The van der Waals surface area contributed by atoms with E-state index >= 15 is 0 Å². The van der Waals surface area contributed by atoms with Crippen LogP contribution in [0.1, 0.15) is 17.4 Å². The summed E-state index contributed by atoms with van der Waals surface area (Å²) in [6, 6.07) is 7.68. The highest BCUT2D eigenvalue weighted by molar-refractivity contribution is 14.0. The Hall–Kier alpha value is -1.20. The molecule has 6 nitrogen and oxygen atoms in total. The normalized spacial score (nSPS) is 10.9. The van der Waals surface area contributed by atoms with Crippen LogP contribution >= 0.6 is 51.2 Å². The summed E-state index contributed by atoms with van der Waals surface area (Å²) < 4.78 is 11.5. The topological polar surface area (TPSA) is 66.3 Å². The van der Waals surface area contributed by atoms with Crippen LogP contribution in [0.4, 0.5) is 0 Å². The highest BCUT2D eigenvalue weighted by Gasteiger charge is 2.12. The summed E-state index contributed by atoms with van der Waals surface area (Å²) in [5.74, 6) is 1.55. The minimum Gasteiger partial charge on any atom is -0.502 e. The van der Waals surface area contributed by atoms with Gasteiger partial charge in [0.15, 0.2) is 17.5 Å². The second-order valence-electron chi connectivity index (χ2n) is 5.58. The van der Waals surface area contributed by atoms with Crippen LogP contribution in [0.25, 0.3) is 0 Å². The summed E-state index contributed by atoms with van der Waals surface area (Å²) in [6.45, 7) is 4.02. The number of aliphatic imine (C=N–C) groups is 1. The number of benzene rings is 1. The number of hydrogen-bond acceptors (Lipinski definition) is 5. The molecule has 1 aromatic carbocycles. The number of aromatic hydroxyl groups is 1. The van der Waals surface area contributed by atoms with E-state index in [-0.39, 0.29) is 29.7 Å². The Bertz CT molecular complexity index is 745. The van der Waals surface area contributed by atoms with Gasteiger partial charge in [-0.15, -0.1) is 35.3 Å². The number of phenols is 1. The molecule has 0 saturated heterocycles. The molecule has 2 rings (SSSR count). The quantitative estimate of drug-likeness (QED) is 0.293. The fourth-order valence-corrected chi connectivity index (χ4v) is 3.96. The van der Waals surface area contributed by atoms with Crippen molar-refractivity contribution in [2.75, 3.05) is 27.8 Å². The number of nitrogens with zero attached hydrogens (tertiary/aromatic N) is 2. The number of methoxy groups -OCH3 is 2. The lowest BCUT2D eigenvalue weighted by atomic mass is 10.2. The number of hydrogen-bond donors (Lipinski definition) is 2. The molecule has 0 aliphatic rings. The van der Waals surface area contributed by atoms with Gasteiger partial charge in [-0.2, -0.15) is 0 Å². The maximum absolute atomic E-state index is 10.0. The molecule has 0 radical (unpaired) electrons. The minimum absolute atomic E-state index is 0. The van der Waals surface area contributed by atoms with Crippen LogP contribution in [-0.2, 0) is 13.1 Å². The first-order valence-corrected chi connectivity index (χ1v) is 9.77. The molecule has 150 valence electrons. The van der Waals surface area contributed by atoms with Crippen LogP contribution in [0, 0.1) is 0 Å². The smallest absolute Gasteiger partial charge is 0.200 e. The van der Waals surface area contributed by atoms with E-state index in [1.54, 1.807) is 23.5 Å². The number of ether oxygens (including phenoxy) is 2. The Balaban J connectivity index is 0.00000364. The zero-order valence-corrected chi connectivity index (χ0v) is 20.5.